The Balaban J connectivity index is 2.01. The lowest BCUT2D eigenvalue weighted by Crippen LogP contribution is -2.46. The molecule has 4 rings (SSSR count). The van der Waals surface area contributed by atoms with Gasteiger partial charge in [0.25, 0.3) is 0 Å². The predicted octanol–water partition coefficient (Wildman–Crippen LogP) is 4.45. The van der Waals surface area contributed by atoms with Gasteiger partial charge in [0.15, 0.2) is 4.33 Å². The van der Waals surface area contributed by atoms with Gasteiger partial charge in [0.05, 0.1) is 21.5 Å². The van der Waals surface area contributed by atoms with Gasteiger partial charge < -0.3 is 4.74 Å². The zero-order chi connectivity index (χ0) is 13.2. The molecule has 8 heteroatoms. The summed E-state index contributed by atoms with van der Waals surface area (Å²) in [5, 5.41) is 0.111. The van der Waals surface area contributed by atoms with E-state index in [1.54, 1.807) is 0 Å². The van der Waals surface area contributed by atoms with Crippen LogP contribution < -0.4 is 0 Å². The SMILES string of the molecule is ClC1=C(Cl)C2(Cl)C3C(C(Cl)C4O[C@@H]43)C1(Cl)C2(Cl)Cl. The summed E-state index contributed by atoms with van der Waals surface area (Å²) in [6.45, 7) is 0. The first-order valence-electron chi connectivity index (χ1n) is 5.32. The molecule has 7 atom stereocenters. The zero-order valence-corrected chi connectivity index (χ0v) is 13.7. The van der Waals surface area contributed by atoms with E-state index in [9.17, 15) is 0 Å². The van der Waals surface area contributed by atoms with Crippen LogP contribution in [0.4, 0.5) is 0 Å². The van der Waals surface area contributed by atoms with Crippen molar-refractivity contribution in [1.29, 1.82) is 0 Å². The Bertz CT molecular complexity index is 476. The van der Waals surface area contributed by atoms with Gasteiger partial charge in [0.1, 0.15) is 15.9 Å². The van der Waals surface area contributed by atoms with Crippen LogP contribution in [0.25, 0.3) is 0 Å². The van der Waals surface area contributed by atoms with Crippen molar-refractivity contribution in [3.8, 4) is 0 Å². The molecule has 0 radical (unpaired) electrons. The quantitative estimate of drug-likeness (QED) is 0.441. The molecule has 2 saturated carbocycles. The van der Waals surface area contributed by atoms with E-state index in [1.807, 2.05) is 0 Å². The molecular formula is C10H5Cl7O. The fourth-order valence-electron chi connectivity index (χ4n) is 3.80. The Labute approximate surface area is 139 Å². The minimum Gasteiger partial charge on any atom is -0.368 e. The Hall–Kier alpha value is 1.73. The third-order valence-electron chi connectivity index (χ3n) is 4.62. The van der Waals surface area contributed by atoms with E-state index in [1.165, 1.54) is 0 Å². The highest BCUT2D eigenvalue weighted by molar-refractivity contribution is 6.66. The van der Waals surface area contributed by atoms with Crippen LogP contribution in [0.15, 0.2) is 10.1 Å². The molecule has 1 saturated heterocycles. The van der Waals surface area contributed by atoms with E-state index in [0.29, 0.717) is 0 Å². The predicted molar refractivity (Wildman–Crippen MR) is 75.6 cm³/mol. The van der Waals surface area contributed by atoms with Gasteiger partial charge in [-0.1, -0.05) is 46.4 Å². The van der Waals surface area contributed by atoms with Gasteiger partial charge in [-0.05, 0) is 0 Å². The Morgan fingerprint density at radius 1 is 0.833 bits per heavy atom. The first-order valence-corrected chi connectivity index (χ1v) is 8.02. The van der Waals surface area contributed by atoms with Crippen molar-refractivity contribution in [2.75, 3.05) is 0 Å². The lowest BCUT2D eigenvalue weighted by Gasteiger charge is -2.35. The number of ether oxygens (including phenoxy) is 1. The monoisotopic (exact) mass is 386 g/mol. The number of hydrogen-bond donors (Lipinski definition) is 0. The van der Waals surface area contributed by atoms with E-state index in [0.717, 1.165) is 0 Å². The molecule has 1 nitrogen and oxygen atoms in total. The molecule has 100 valence electrons. The summed E-state index contributed by atoms with van der Waals surface area (Å²) in [6.07, 6.45) is -0.152. The summed E-state index contributed by atoms with van der Waals surface area (Å²) in [5.74, 6) is -0.457. The van der Waals surface area contributed by atoms with Crippen molar-refractivity contribution in [2.24, 2.45) is 11.8 Å². The van der Waals surface area contributed by atoms with Crippen LogP contribution in [0.1, 0.15) is 0 Å². The molecular weight excluding hydrogens is 384 g/mol. The maximum Gasteiger partial charge on any atom is 0.166 e. The molecule has 0 aromatic carbocycles. The number of hydrogen-bond acceptors (Lipinski definition) is 1. The van der Waals surface area contributed by atoms with E-state index in [-0.39, 0.29) is 39.5 Å². The van der Waals surface area contributed by atoms with Gasteiger partial charge in [0.2, 0.25) is 0 Å². The molecule has 0 spiro atoms. The summed E-state index contributed by atoms with van der Waals surface area (Å²) in [4.78, 5) is -2.48. The number of alkyl halides is 5. The highest BCUT2D eigenvalue weighted by atomic mass is 35.5. The summed E-state index contributed by atoms with van der Waals surface area (Å²) >= 11 is 45.0. The summed E-state index contributed by atoms with van der Waals surface area (Å²) in [5.41, 5.74) is 0. The Morgan fingerprint density at radius 3 is 1.89 bits per heavy atom. The number of halogens is 7. The van der Waals surface area contributed by atoms with Gasteiger partial charge in [-0.25, -0.2) is 0 Å². The standard InChI is InChI=1S/C10H5Cl7O/c11-3-1-2(4-5(3)18-4)9(15)7(13)6(12)8(1,14)10(9,16)17/h1-5H/t1?,2?,3?,4-,5?,8?,9?/m1/s1. The Kier molecular flexibility index (Phi) is 2.52. The van der Waals surface area contributed by atoms with Crippen molar-refractivity contribution in [2.45, 2.75) is 31.7 Å². The molecule has 0 aromatic rings. The molecule has 0 N–H and O–H groups in total. The van der Waals surface area contributed by atoms with Crippen LogP contribution in [0, 0.1) is 11.8 Å². The normalized spacial score (nSPS) is 63.2. The van der Waals surface area contributed by atoms with Crippen molar-refractivity contribution in [1.82, 2.24) is 0 Å². The average molecular weight is 389 g/mol. The number of rotatable bonds is 0. The molecule has 3 aliphatic carbocycles. The smallest absolute Gasteiger partial charge is 0.166 e. The second-order valence-electron chi connectivity index (χ2n) is 5.19. The molecule has 1 heterocycles. The summed E-state index contributed by atoms with van der Waals surface area (Å²) in [7, 11) is 0. The van der Waals surface area contributed by atoms with Crippen LogP contribution in [0.3, 0.4) is 0 Å². The minimum atomic E-state index is -1.50. The maximum absolute atomic E-state index is 6.65. The molecule has 1 aliphatic heterocycles. The zero-order valence-electron chi connectivity index (χ0n) is 8.44. The maximum atomic E-state index is 6.65. The molecule has 3 fully saturated rings. The van der Waals surface area contributed by atoms with E-state index in [4.69, 9.17) is 85.9 Å². The van der Waals surface area contributed by atoms with Crippen molar-refractivity contribution < 1.29 is 4.74 Å². The molecule has 18 heavy (non-hydrogen) atoms. The van der Waals surface area contributed by atoms with Crippen LogP contribution in [-0.4, -0.2) is 31.7 Å². The number of allylic oxidation sites excluding steroid dienone is 2. The lowest BCUT2D eigenvalue weighted by atomic mass is 9.83. The van der Waals surface area contributed by atoms with Gasteiger partial charge in [0, 0.05) is 11.8 Å². The summed E-state index contributed by atoms with van der Waals surface area (Å²) < 4.78 is 4.00. The largest absolute Gasteiger partial charge is 0.368 e. The number of epoxide rings is 1. The van der Waals surface area contributed by atoms with Gasteiger partial charge in [-0.2, -0.15) is 0 Å². The average Bonchev–Trinajstić information content (AvgIpc) is 2.98. The second-order valence-corrected chi connectivity index (χ2v) is 8.97. The highest BCUT2D eigenvalue weighted by Gasteiger charge is 2.89. The van der Waals surface area contributed by atoms with E-state index >= 15 is 0 Å². The van der Waals surface area contributed by atoms with Crippen molar-refractivity contribution in [3.63, 3.8) is 0 Å². The van der Waals surface area contributed by atoms with E-state index < -0.39 is 14.1 Å². The van der Waals surface area contributed by atoms with Gasteiger partial charge in [-0.15, -0.1) is 34.8 Å². The van der Waals surface area contributed by atoms with Gasteiger partial charge >= 0.3 is 0 Å². The van der Waals surface area contributed by atoms with Crippen LogP contribution >= 0.6 is 81.2 Å². The van der Waals surface area contributed by atoms with Gasteiger partial charge in [-0.3, -0.25) is 0 Å². The molecule has 0 aromatic heterocycles. The van der Waals surface area contributed by atoms with Crippen molar-refractivity contribution in [3.05, 3.63) is 10.1 Å². The molecule has 6 unspecified atom stereocenters. The van der Waals surface area contributed by atoms with Crippen LogP contribution in [0.5, 0.6) is 0 Å². The first-order chi connectivity index (χ1) is 8.20. The molecule has 2 bridgehead atoms. The first kappa shape index (κ1) is 13.4. The van der Waals surface area contributed by atoms with E-state index in [2.05, 4.69) is 0 Å². The van der Waals surface area contributed by atoms with Crippen LogP contribution in [-0.2, 0) is 4.74 Å². The fraction of sp³-hybridized carbons (Fsp3) is 0.800. The third kappa shape index (κ3) is 1.02. The van der Waals surface area contributed by atoms with Crippen LogP contribution in [0.2, 0.25) is 0 Å². The summed E-state index contributed by atoms with van der Waals surface area (Å²) in [6, 6.07) is 0. The molecule has 4 aliphatic rings. The fourth-order valence-corrected chi connectivity index (χ4v) is 7.49. The minimum absolute atomic E-state index is 0.0608. The second kappa shape index (κ2) is 3.38. The lowest BCUT2D eigenvalue weighted by molar-refractivity contribution is 0.204. The highest BCUT2D eigenvalue weighted by Crippen LogP contribution is 2.81. The molecule has 0 amide bonds. The number of fused-ring (bicyclic) bond motifs is 7. The third-order valence-corrected chi connectivity index (χ3v) is 9.44. The topological polar surface area (TPSA) is 12.5 Å². The Morgan fingerprint density at radius 2 is 1.33 bits per heavy atom. The van der Waals surface area contributed by atoms with Crippen molar-refractivity contribution >= 4 is 81.2 Å².